The van der Waals surface area contributed by atoms with Gasteiger partial charge in [0, 0.05) is 19.1 Å². The van der Waals surface area contributed by atoms with Crippen LogP contribution in [-0.2, 0) is 10.0 Å². The molecule has 0 aromatic carbocycles. The zero-order valence-corrected chi connectivity index (χ0v) is 9.60. The molecule has 4 nitrogen and oxygen atoms in total. The van der Waals surface area contributed by atoms with Gasteiger partial charge in [-0.15, -0.1) is 0 Å². The third-order valence-corrected chi connectivity index (χ3v) is 4.33. The highest BCUT2D eigenvalue weighted by atomic mass is 32.2. The Morgan fingerprint density at radius 2 is 2.07 bits per heavy atom. The Labute approximate surface area is 88.7 Å². The fourth-order valence-electron chi connectivity index (χ4n) is 1.88. The molecule has 7 heteroatoms. The largest absolute Gasteiger partial charge is 0.350 e. The second-order valence-corrected chi connectivity index (χ2v) is 5.73. The lowest BCUT2D eigenvalue weighted by Gasteiger charge is -2.35. The van der Waals surface area contributed by atoms with E-state index in [2.05, 4.69) is 5.32 Å². The molecule has 1 heterocycles. The first-order valence-electron chi connectivity index (χ1n) is 4.84. The molecule has 1 N–H and O–H groups in total. The van der Waals surface area contributed by atoms with Crippen LogP contribution < -0.4 is 5.32 Å². The van der Waals surface area contributed by atoms with Crippen molar-refractivity contribution in [3.63, 3.8) is 0 Å². The first-order valence-corrected chi connectivity index (χ1v) is 6.34. The van der Waals surface area contributed by atoms with Gasteiger partial charge in [-0.2, -0.15) is 13.1 Å². The van der Waals surface area contributed by atoms with E-state index in [1.54, 1.807) is 7.05 Å². The summed E-state index contributed by atoms with van der Waals surface area (Å²) in [5.74, 6) is -3.26. The Bertz CT molecular complexity index is 308. The number of hydrogen-bond acceptors (Lipinski definition) is 3. The van der Waals surface area contributed by atoms with Gasteiger partial charge in [-0.25, -0.2) is 8.42 Å². The highest BCUT2D eigenvalue weighted by molar-refractivity contribution is 7.89. The molecule has 1 saturated heterocycles. The van der Waals surface area contributed by atoms with E-state index in [-0.39, 0.29) is 25.0 Å². The molecule has 2 atom stereocenters. The highest BCUT2D eigenvalue weighted by Crippen LogP contribution is 2.22. The summed E-state index contributed by atoms with van der Waals surface area (Å²) in [4.78, 5) is 0. The minimum absolute atomic E-state index is 0.0530. The maximum absolute atomic E-state index is 12.3. The zero-order valence-electron chi connectivity index (χ0n) is 8.78. The van der Waals surface area contributed by atoms with Gasteiger partial charge in [0.15, 0.2) is 0 Å². The number of alkyl halides is 2. The van der Waals surface area contributed by atoms with Crippen molar-refractivity contribution in [2.24, 2.45) is 5.92 Å². The SMILES string of the molecule is CNC1CCN(S(=O)(=O)C(F)F)CC1C. The van der Waals surface area contributed by atoms with E-state index in [1.165, 1.54) is 0 Å². The Balaban J connectivity index is 2.70. The third kappa shape index (κ3) is 2.64. The summed E-state index contributed by atoms with van der Waals surface area (Å²) in [5, 5.41) is 3.05. The van der Waals surface area contributed by atoms with Crippen molar-refractivity contribution in [2.45, 2.75) is 25.1 Å². The standard InChI is InChI=1S/C8H16F2N2O2S/c1-6-5-12(4-3-7(6)11-2)15(13,14)8(9)10/h6-8,11H,3-5H2,1-2H3. The number of rotatable bonds is 3. The average Bonchev–Trinajstić information content (AvgIpc) is 2.17. The van der Waals surface area contributed by atoms with Crippen LogP contribution in [0.1, 0.15) is 13.3 Å². The number of hydrogen-bond donors (Lipinski definition) is 1. The third-order valence-electron chi connectivity index (χ3n) is 2.82. The quantitative estimate of drug-likeness (QED) is 0.782. The van der Waals surface area contributed by atoms with E-state index in [1.807, 2.05) is 6.92 Å². The van der Waals surface area contributed by atoms with Crippen molar-refractivity contribution in [1.29, 1.82) is 0 Å². The number of piperidine rings is 1. The number of nitrogens with zero attached hydrogens (tertiary/aromatic N) is 1. The fraction of sp³-hybridized carbons (Fsp3) is 1.00. The Kier molecular flexibility index (Phi) is 4.02. The molecule has 0 bridgehead atoms. The van der Waals surface area contributed by atoms with Crippen molar-refractivity contribution in [3.8, 4) is 0 Å². The maximum atomic E-state index is 12.3. The van der Waals surface area contributed by atoms with Crippen LogP contribution in [0.4, 0.5) is 8.78 Å². The lowest BCUT2D eigenvalue weighted by molar-refractivity contribution is 0.189. The van der Waals surface area contributed by atoms with E-state index < -0.39 is 15.8 Å². The smallest absolute Gasteiger partial charge is 0.317 e. The Morgan fingerprint density at radius 3 is 2.47 bits per heavy atom. The van der Waals surface area contributed by atoms with Crippen LogP contribution in [0.2, 0.25) is 0 Å². The lowest BCUT2D eigenvalue weighted by atomic mass is 9.96. The van der Waals surface area contributed by atoms with E-state index in [4.69, 9.17) is 0 Å². The highest BCUT2D eigenvalue weighted by Gasteiger charge is 2.37. The number of sulfonamides is 1. The molecular formula is C8H16F2N2O2S. The molecule has 1 aliphatic heterocycles. The molecule has 0 aromatic rings. The molecule has 1 fully saturated rings. The predicted molar refractivity (Wildman–Crippen MR) is 53.1 cm³/mol. The van der Waals surface area contributed by atoms with Gasteiger partial charge in [-0.05, 0) is 19.4 Å². The van der Waals surface area contributed by atoms with Gasteiger partial charge < -0.3 is 5.32 Å². The van der Waals surface area contributed by atoms with E-state index in [0.29, 0.717) is 6.42 Å². The first-order chi connectivity index (χ1) is 6.89. The monoisotopic (exact) mass is 242 g/mol. The molecule has 1 aliphatic rings. The molecule has 15 heavy (non-hydrogen) atoms. The summed E-state index contributed by atoms with van der Waals surface area (Å²) < 4.78 is 47.8. The summed E-state index contributed by atoms with van der Waals surface area (Å²) in [5.41, 5.74) is 0. The van der Waals surface area contributed by atoms with Crippen LogP contribution in [0, 0.1) is 5.92 Å². The van der Waals surface area contributed by atoms with Crippen molar-refractivity contribution >= 4 is 10.0 Å². The second-order valence-electron chi connectivity index (χ2n) is 3.82. The van der Waals surface area contributed by atoms with E-state index >= 15 is 0 Å². The topological polar surface area (TPSA) is 49.4 Å². The van der Waals surface area contributed by atoms with E-state index in [0.717, 1.165) is 4.31 Å². The van der Waals surface area contributed by atoms with Gasteiger partial charge in [-0.1, -0.05) is 6.92 Å². The summed E-state index contributed by atoms with van der Waals surface area (Å²) in [6.07, 6.45) is 0.573. The van der Waals surface area contributed by atoms with Gasteiger partial charge in [0.05, 0.1) is 0 Å². The molecule has 0 saturated carbocycles. The molecule has 0 spiro atoms. The van der Waals surface area contributed by atoms with Crippen LogP contribution in [-0.4, -0.2) is 44.7 Å². The van der Waals surface area contributed by atoms with Gasteiger partial charge in [-0.3, -0.25) is 0 Å². The van der Waals surface area contributed by atoms with Crippen LogP contribution in [0.3, 0.4) is 0 Å². The second kappa shape index (κ2) is 4.71. The van der Waals surface area contributed by atoms with Crippen molar-refractivity contribution < 1.29 is 17.2 Å². The maximum Gasteiger partial charge on any atom is 0.350 e. The van der Waals surface area contributed by atoms with Crippen LogP contribution in [0.25, 0.3) is 0 Å². The minimum atomic E-state index is -4.39. The predicted octanol–water partition coefficient (Wildman–Crippen LogP) is 0.469. The molecule has 0 aliphatic carbocycles. The fourth-order valence-corrected chi connectivity index (χ4v) is 2.91. The molecule has 1 rings (SSSR count). The molecular weight excluding hydrogens is 226 g/mol. The van der Waals surface area contributed by atoms with Crippen LogP contribution in [0.5, 0.6) is 0 Å². The summed E-state index contributed by atoms with van der Waals surface area (Å²) in [6, 6.07) is 0.203. The number of nitrogens with one attached hydrogen (secondary N) is 1. The first kappa shape index (κ1) is 12.8. The van der Waals surface area contributed by atoms with E-state index in [9.17, 15) is 17.2 Å². The molecule has 0 aromatic heterocycles. The minimum Gasteiger partial charge on any atom is -0.317 e. The van der Waals surface area contributed by atoms with Crippen LogP contribution >= 0.6 is 0 Å². The van der Waals surface area contributed by atoms with Gasteiger partial charge in [0.25, 0.3) is 10.0 Å². The summed E-state index contributed by atoms with van der Waals surface area (Å²) >= 11 is 0. The summed E-state index contributed by atoms with van der Waals surface area (Å²) in [7, 11) is -2.60. The van der Waals surface area contributed by atoms with Gasteiger partial charge in [0.1, 0.15) is 0 Å². The molecule has 0 radical (unpaired) electrons. The average molecular weight is 242 g/mol. The summed E-state index contributed by atoms with van der Waals surface area (Å²) in [6.45, 7) is 2.19. The van der Waals surface area contributed by atoms with Crippen molar-refractivity contribution in [2.75, 3.05) is 20.1 Å². The van der Waals surface area contributed by atoms with Crippen molar-refractivity contribution in [3.05, 3.63) is 0 Å². The normalized spacial score (nSPS) is 29.7. The van der Waals surface area contributed by atoms with Gasteiger partial charge >= 0.3 is 5.76 Å². The lowest BCUT2D eigenvalue weighted by Crippen LogP contribution is -2.50. The molecule has 0 amide bonds. The van der Waals surface area contributed by atoms with Gasteiger partial charge in [0.2, 0.25) is 0 Å². The molecule has 90 valence electrons. The Hall–Kier alpha value is -0.270. The number of halogens is 2. The van der Waals surface area contributed by atoms with Crippen molar-refractivity contribution in [1.82, 2.24) is 9.62 Å². The Morgan fingerprint density at radius 1 is 1.47 bits per heavy atom. The zero-order chi connectivity index (χ0) is 11.6. The van der Waals surface area contributed by atoms with Crippen LogP contribution in [0.15, 0.2) is 0 Å². The molecule has 2 unspecified atom stereocenters.